The van der Waals surface area contributed by atoms with Crippen molar-refractivity contribution in [2.45, 2.75) is 33.2 Å². The van der Waals surface area contributed by atoms with Gasteiger partial charge in [-0.05, 0) is 30.7 Å². The van der Waals surface area contributed by atoms with E-state index in [4.69, 9.17) is 15.6 Å². The summed E-state index contributed by atoms with van der Waals surface area (Å²) in [5.74, 6) is -0.974. The van der Waals surface area contributed by atoms with Crippen molar-refractivity contribution >= 4 is 22.6 Å². The quantitative estimate of drug-likeness (QED) is 0.798. The number of fused-ring (bicyclic) bond motifs is 1. The summed E-state index contributed by atoms with van der Waals surface area (Å²) in [5.41, 5.74) is 9.83. The van der Waals surface area contributed by atoms with Gasteiger partial charge in [-0.25, -0.2) is 0 Å². The molecule has 0 amide bonds. The number of nitrogens with one attached hydrogen (secondary N) is 1. The SMILES string of the molecule is CC.Cc1[nH]c2ccc(N3CCOCC3)cc2c1CC(N)C(=O)O. The molecule has 1 unspecified atom stereocenters. The number of carbonyl (C=O) groups is 1. The maximum Gasteiger partial charge on any atom is 0.320 e. The lowest BCUT2D eigenvalue weighted by Crippen LogP contribution is -2.36. The van der Waals surface area contributed by atoms with Crippen LogP contribution in [0.15, 0.2) is 18.2 Å². The first kappa shape index (κ1) is 18.3. The molecule has 4 N–H and O–H groups in total. The van der Waals surface area contributed by atoms with E-state index < -0.39 is 12.0 Å². The molecule has 6 nitrogen and oxygen atoms in total. The van der Waals surface area contributed by atoms with Crippen molar-refractivity contribution in [1.82, 2.24) is 4.98 Å². The molecular weight excluding hydrogens is 306 g/mol. The molecule has 24 heavy (non-hydrogen) atoms. The molecule has 3 rings (SSSR count). The number of carboxylic acid groups (broad SMARTS) is 1. The van der Waals surface area contributed by atoms with Crippen LogP contribution in [0.2, 0.25) is 0 Å². The molecule has 0 aliphatic carbocycles. The van der Waals surface area contributed by atoms with E-state index in [0.717, 1.165) is 54.2 Å². The molecule has 1 aliphatic rings. The zero-order valence-electron chi connectivity index (χ0n) is 14.6. The van der Waals surface area contributed by atoms with E-state index in [-0.39, 0.29) is 0 Å². The van der Waals surface area contributed by atoms with Gasteiger partial charge in [0.15, 0.2) is 0 Å². The summed E-state index contributed by atoms with van der Waals surface area (Å²) in [6.07, 6.45) is 0.327. The Morgan fingerprint density at radius 2 is 2.04 bits per heavy atom. The third-order valence-corrected chi connectivity index (χ3v) is 4.22. The van der Waals surface area contributed by atoms with Gasteiger partial charge in [0.05, 0.1) is 13.2 Å². The van der Waals surface area contributed by atoms with Gasteiger partial charge in [0.2, 0.25) is 0 Å². The number of H-pyrrole nitrogens is 1. The number of carboxylic acids is 1. The van der Waals surface area contributed by atoms with Gasteiger partial charge >= 0.3 is 5.97 Å². The third-order valence-electron chi connectivity index (χ3n) is 4.22. The van der Waals surface area contributed by atoms with Crippen molar-refractivity contribution in [1.29, 1.82) is 0 Å². The normalized spacial score (nSPS) is 15.8. The molecule has 1 fully saturated rings. The number of morpholine rings is 1. The minimum absolute atomic E-state index is 0.327. The number of hydrogen-bond donors (Lipinski definition) is 3. The molecule has 0 spiro atoms. The van der Waals surface area contributed by atoms with Crippen LogP contribution in [0.4, 0.5) is 5.69 Å². The lowest BCUT2D eigenvalue weighted by molar-refractivity contribution is -0.138. The molecule has 2 heterocycles. The van der Waals surface area contributed by atoms with E-state index in [1.807, 2.05) is 26.8 Å². The highest BCUT2D eigenvalue weighted by Gasteiger charge is 2.18. The maximum atomic E-state index is 11.0. The van der Waals surface area contributed by atoms with Gasteiger partial charge in [-0.2, -0.15) is 0 Å². The monoisotopic (exact) mass is 333 g/mol. The summed E-state index contributed by atoms with van der Waals surface area (Å²) in [6, 6.07) is 5.37. The Labute approximate surface area is 142 Å². The summed E-state index contributed by atoms with van der Waals surface area (Å²) in [4.78, 5) is 16.6. The van der Waals surface area contributed by atoms with E-state index in [1.54, 1.807) is 0 Å². The van der Waals surface area contributed by atoms with Crippen LogP contribution in [0, 0.1) is 6.92 Å². The molecule has 0 saturated carbocycles. The molecule has 6 heteroatoms. The van der Waals surface area contributed by atoms with Gasteiger partial charge in [-0.3, -0.25) is 4.79 Å². The van der Waals surface area contributed by atoms with E-state index in [1.165, 1.54) is 0 Å². The Morgan fingerprint density at radius 3 is 2.67 bits per heavy atom. The predicted molar refractivity (Wildman–Crippen MR) is 96.7 cm³/mol. The second-order valence-electron chi connectivity index (χ2n) is 5.71. The number of anilines is 1. The lowest BCUT2D eigenvalue weighted by Gasteiger charge is -2.29. The van der Waals surface area contributed by atoms with Crippen molar-refractivity contribution in [3.63, 3.8) is 0 Å². The topological polar surface area (TPSA) is 91.6 Å². The van der Waals surface area contributed by atoms with Crippen molar-refractivity contribution in [2.75, 3.05) is 31.2 Å². The van der Waals surface area contributed by atoms with Gasteiger partial charge in [-0.1, -0.05) is 13.8 Å². The van der Waals surface area contributed by atoms with Gasteiger partial charge in [0.1, 0.15) is 6.04 Å². The first-order chi connectivity index (χ1) is 11.6. The summed E-state index contributed by atoms with van der Waals surface area (Å²) >= 11 is 0. The molecule has 1 aromatic carbocycles. The zero-order chi connectivity index (χ0) is 17.7. The minimum atomic E-state index is -0.974. The summed E-state index contributed by atoms with van der Waals surface area (Å²) in [7, 11) is 0. The average molecular weight is 333 g/mol. The molecule has 1 saturated heterocycles. The van der Waals surface area contributed by atoms with Gasteiger partial charge in [0.25, 0.3) is 0 Å². The minimum Gasteiger partial charge on any atom is -0.480 e. The number of rotatable bonds is 4. The molecule has 2 aromatic rings. The zero-order valence-corrected chi connectivity index (χ0v) is 14.6. The maximum absolute atomic E-state index is 11.0. The number of hydrogen-bond acceptors (Lipinski definition) is 4. The number of ether oxygens (including phenoxy) is 1. The average Bonchev–Trinajstić information content (AvgIpc) is 2.92. The van der Waals surface area contributed by atoms with E-state index in [2.05, 4.69) is 22.0 Å². The Morgan fingerprint density at radius 1 is 1.38 bits per heavy atom. The number of aryl methyl sites for hydroxylation is 1. The second kappa shape index (κ2) is 8.17. The third kappa shape index (κ3) is 3.88. The standard InChI is InChI=1S/C16H21N3O3.C2H6/c1-10-12(9-14(17)16(20)21)13-8-11(2-3-15(13)18-10)19-4-6-22-7-5-19;1-2/h2-3,8,14,18H,4-7,9,17H2,1H3,(H,20,21);1-2H3. The van der Waals surface area contributed by atoms with Crippen LogP contribution in [-0.4, -0.2) is 48.4 Å². The van der Waals surface area contributed by atoms with Crippen molar-refractivity contribution in [2.24, 2.45) is 5.73 Å². The number of nitrogens with zero attached hydrogens (tertiary/aromatic N) is 1. The number of aromatic amines is 1. The predicted octanol–water partition coefficient (Wildman–Crippen LogP) is 2.29. The van der Waals surface area contributed by atoms with Crippen molar-refractivity contribution < 1.29 is 14.6 Å². The van der Waals surface area contributed by atoms with Gasteiger partial charge in [0, 0.05) is 41.8 Å². The summed E-state index contributed by atoms with van der Waals surface area (Å²) in [6.45, 7) is 9.18. The molecule has 1 aromatic heterocycles. The smallest absolute Gasteiger partial charge is 0.320 e. The van der Waals surface area contributed by atoms with Gasteiger partial charge < -0.3 is 25.5 Å². The highest BCUT2D eigenvalue weighted by atomic mass is 16.5. The van der Waals surface area contributed by atoms with Crippen LogP contribution in [-0.2, 0) is 16.0 Å². The number of aliphatic carboxylic acids is 1. The lowest BCUT2D eigenvalue weighted by atomic mass is 10.0. The second-order valence-corrected chi connectivity index (χ2v) is 5.71. The van der Waals surface area contributed by atoms with Crippen LogP contribution < -0.4 is 10.6 Å². The Hall–Kier alpha value is -2.05. The number of aromatic nitrogens is 1. The Bertz CT molecular complexity index is 690. The summed E-state index contributed by atoms with van der Waals surface area (Å²) < 4.78 is 5.39. The Balaban J connectivity index is 0.00000100. The van der Waals surface area contributed by atoms with Crippen LogP contribution in [0.25, 0.3) is 10.9 Å². The molecular formula is C18H27N3O3. The highest BCUT2D eigenvalue weighted by Crippen LogP contribution is 2.28. The number of benzene rings is 1. The summed E-state index contributed by atoms with van der Waals surface area (Å²) in [5, 5.41) is 10.1. The Kier molecular flexibility index (Phi) is 6.23. The van der Waals surface area contributed by atoms with Crippen LogP contribution >= 0.6 is 0 Å². The molecule has 1 atom stereocenters. The fourth-order valence-corrected chi connectivity index (χ4v) is 2.96. The molecule has 0 radical (unpaired) electrons. The highest BCUT2D eigenvalue weighted by molar-refractivity contribution is 5.88. The van der Waals surface area contributed by atoms with Crippen LogP contribution in [0.1, 0.15) is 25.1 Å². The van der Waals surface area contributed by atoms with Crippen LogP contribution in [0.3, 0.4) is 0 Å². The van der Waals surface area contributed by atoms with E-state index in [9.17, 15) is 4.79 Å². The first-order valence-electron chi connectivity index (χ1n) is 8.48. The van der Waals surface area contributed by atoms with Crippen molar-refractivity contribution in [3.8, 4) is 0 Å². The molecule has 132 valence electrons. The first-order valence-corrected chi connectivity index (χ1v) is 8.48. The van der Waals surface area contributed by atoms with E-state index in [0.29, 0.717) is 6.42 Å². The van der Waals surface area contributed by atoms with Crippen LogP contribution in [0.5, 0.6) is 0 Å². The molecule has 0 bridgehead atoms. The number of nitrogens with two attached hydrogens (primary N) is 1. The van der Waals surface area contributed by atoms with Gasteiger partial charge in [-0.15, -0.1) is 0 Å². The van der Waals surface area contributed by atoms with Crippen molar-refractivity contribution in [3.05, 3.63) is 29.5 Å². The molecule has 1 aliphatic heterocycles. The fourth-order valence-electron chi connectivity index (χ4n) is 2.96. The fraction of sp³-hybridized carbons (Fsp3) is 0.500. The largest absolute Gasteiger partial charge is 0.480 e. The van der Waals surface area contributed by atoms with E-state index >= 15 is 0 Å².